The summed E-state index contributed by atoms with van der Waals surface area (Å²) in [4.78, 5) is 24.1. The molecule has 1 aromatic carbocycles. The first-order chi connectivity index (χ1) is 9.36. The quantitative estimate of drug-likeness (QED) is 0.478. The smallest absolute Gasteiger partial charge is 0.271 e. The van der Waals surface area contributed by atoms with Crippen molar-refractivity contribution in [3.05, 3.63) is 33.9 Å². The number of carbonyl (C=O) groups excluding carboxylic acids is 1. The Hall–Kier alpha value is -1.62. The lowest BCUT2D eigenvalue weighted by molar-refractivity contribution is -0.384. The Bertz CT molecular complexity index is 557. The molecule has 1 aliphatic rings. The number of benzene rings is 1. The van der Waals surface area contributed by atoms with E-state index in [9.17, 15) is 14.9 Å². The predicted molar refractivity (Wildman–Crippen MR) is 78.4 cm³/mol. The number of nitrogens with zero attached hydrogens (tertiary/aromatic N) is 2. The number of fused-ring (bicyclic) bond motifs is 1. The summed E-state index contributed by atoms with van der Waals surface area (Å²) in [6.07, 6.45) is 1.77. The molecule has 1 amide bonds. The van der Waals surface area contributed by atoms with Crippen molar-refractivity contribution >= 4 is 28.9 Å². The lowest BCUT2D eigenvalue weighted by Gasteiger charge is -2.27. The van der Waals surface area contributed by atoms with Gasteiger partial charge >= 0.3 is 0 Å². The summed E-state index contributed by atoms with van der Waals surface area (Å²) in [6, 6.07) is 4.73. The summed E-state index contributed by atoms with van der Waals surface area (Å²) in [6.45, 7) is 4.72. The molecule has 0 radical (unpaired) electrons. The second kappa shape index (κ2) is 5.40. The first kappa shape index (κ1) is 14.8. The van der Waals surface area contributed by atoms with Crippen molar-refractivity contribution in [3.63, 3.8) is 0 Å². The Labute approximate surface area is 122 Å². The lowest BCUT2D eigenvalue weighted by Crippen LogP contribution is -2.32. The second-order valence-electron chi connectivity index (χ2n) is 5.63. The van der Waals surface area contributed by atoms with E-state index in [2.05, 4.69) is 13.8 Å². The number of hydrogen-bond acceptors (Lipinski definition) is 3. The van der Waals surface area contributed by atoms with E-state index in [0.717, 1.165) is 18.4 Å². The van der Waals surface area contributed by atoms with Crippen molar-refractivity contribution in [3.8, 4) is 0 Å². The molecule has 0 bridgehead atoms. The topological polar surface area (TPSA) is 63.5 Å². The monoisotopic (exact) mass is 296 g/mol. The van der Waals surface area contributed by atoms with Crippen molar-refractivity contribution in [1.82, 2.24) is 0 Å². The zero-order chi connectivity index (χ0) is 14.9. The number of anilines is 1. The molecular weight excluding hydrogens is 280 g/mol. The fourth-order valence-corrected chi connectivity index (χ4v) is 2.84. The molecule has 0 saturated heterocycles. The molecule has 0 saturated carbocycles. The van der Waals surface area contributed by atoms with E-state index in [-0.39, 0.29) is 22.9 Å². The molecule has 0 unspecified atom stereocenters. The van der Waals surface area contributed by atoms with Gasteiger partial charge in [-0.3, -0.25) is 14.9 Å². The van der Waals surface area contributed by atoms with Crippen molar-refractivity contribution in [2.75, 3.05) is 17.3 Å². The van der Waals surface area contributed by atoms with Crippen LogP contribution in [0.4, 0.5) is 11.4 Å². The fraction of sp³-hybridized carbons (Fsp3) is 0.500. The number of hydrogen-bond donors (Lipinski definition) is 0. The van der Waals surface area contributed by atoms with Crippen LogP contribution in [-0.2, 0) is 10.2 Å². The number of amides is 1. The zero-order valence-corrected chi connectivity index (χ0v) is 12.3. The molecule has 1 heterocycles. The van der Waals surface area contributed by atoms with Gasteiger partial charge in [0.2, 0.25) is 5.91 Å². The average molecular weight is 297 g/mol. The van der Waals surface area contributed by atoms with Gasteiger partial charge in [-0.25, -0.2) is 0 Å². The van der Waals surface area contributed by atoms with Crippen LogP contribution in [0, 0.1) is 10.1 Å². The van der Waals surface area contributed by atoms with Crippen LogP contribution >= 0.6 is 11.6 Å². The van der Waals surface area contributed by atoms with E-state index in [1.54, 1.807) is 11.0 Å². The maximum Gasteiger partial charge on any atom is 0.271 e. The molecule has 0 atom stereocenters. The maximum atomic E-state index is 12.0. The predicted octanol–water partition coefficient (Wildman–Crippen LogP) is 3.24. The van der Waals surface area contributed by atoms with Gasteiger partial charge in [0.15, 0.2) is 0 Å². The highest BCUT2D eigenvalue weighted by molar-refractivity contribution is 6.29. The third kappa shape index (κ3) is 2.63. The molecule has 1 aromatic rings. The van der Waals surface area contributed by atoms with E-state index in [1.807, 2.05) is 0 Å². The molecule has 20 heavy (non-hydrogen) atoms. The van der Waals surface area contributed by atoms with Crippen LogP contribution < -0.4 is 4.90 Å². The van der Waals surface area contributed by atoms with Crippen LogP contribution in [0.5, 0.6) is 0 Å². The van der Waals surface area contributed by atoms with Gasteiger partial charge in [0.05, 0.1) is 10.6 Å². The van der Waals surface area contributed by atoms with E-state index in [0.29, 0.717) is 12.2 Å². The second-order valence-corrected chi connectivity index (χ2v) is 5.89. The largest absolute Gasteiger partial charge is 0.311 e. The summed E-state index contributed by atoms with van der Waals surface area (Å²) in [7, 11) is 0. The zero-order valence-electron chi connectivity index (χ0n) is 11.6. The molecule has 2 rings (SSSR count). The number of carbonyl (C=O) groups is 1. The van der Waals surface area contributed by atoms with Crippen LogP contribution in [0.15, 0.2) is 18.2 Å². The van der Waals surface area contributed by atoms with Crippen molar-refractivity contribution in [1.29, 1.82) is 0 Å². The Morgan fingerprint density at radius 3 is 2.80 bits per heavy atom. The lowest BCUT2D eigenvalue weighted by atomic mass is 9.80. The van der Waals surface area contributed by atoms with Gasteiger partial charge in [-0.2, -0.15) is 0 Å². The molecule has 5 nitrogen and oxygen atoms in total. The number of rotatable bonds is 2. The van der Waals surface area contributed by atoms with Gasteiger partial charge < -0.3 is 4.90 Å². The van der Waals surface area contributed by atoms with Crippen LogP contribution in [0.3, 0.4) is 0 Å². The average Bonchev–Trinajstić information content (AvgIpc) is 2.54. The van der Waals surface area contributed by atoms with Crippen LogP contribution in [0.1, 0.15) is 32.3 Å². The molecule has 0 spiro atoms. The van der Waals surface area contributed by atoms with Gasteiger partial charge in [-0.05, 0) is 29.9 Å². The molecule has 0 N–H and O–H groups in total. The number of halogens is 1. The van der Waals surface area contributed by atoms with Gasteiger partial charge in [0.1, 0.15) is 5.88 Å². The Kier molecular flexibility index (Phi) is 3.99. The van der Waals surface area contributed by atoms with Crippen LogP contribution in [0.2, 0.25) is 0 Å². The van der Waals surface area contributed by atoms with Gasteiger partial charge in [0.25, 0.3) is 5.69 Å². The third-order valence-electron chi connectivity index (χ3n) is 3.81. The van der Waals surface area contributed by atoms with Crippen LogP contribution in [-0.4, -0.2) is 23.3 Å². The first-order valence-corrected chi connectivity index (χ1v) is 7.05. The first-order valence-electron chi connectivity index (χ1n) is 6.52. The molecule has 1 aliphatic heterocycles. The SMILES string of the molecule is CC1(C)CCCN(C(=O)CCl)c2cc([N+](=O)[O-])ccc21. The Balaban J connectivity index is 2.61. The van der Waals surface area contributed by atoms with Crippen molar-refractivity contribution < 1.29 is 9.72 Å². The molecule has 0 aliphatic carbocycles. The third-order valence-corrected chi connectivity index (χ3v) is 4.04. The van der Waals surface area contributed by atoms with Gasteiger partial charge in [-0.1, -0.05) is 13.8 Å². The van der Waals surface area contributed by atoms with E-state index < -0.39 is 4.92 Å². The Morgan fingerprint density at radius 2 is 2.20 bits per heavy atom. The Morgan fingerprint density at radius 1 is 1.50 bits per heavy atom. The molecule has 6 heteroatoms. The molecule has 0 fully saturated rings. The minimum atomic E-state index is -0.443. The van der Waals surface area contributed by atoms with Crippen LogP contribution in [0.25, 0.3) is 0 Å². The maximum absolute atomic E-state index is 12.0. The molecular formula is C14H17ClN2O3. The number of nitro groups is 1. The minimum Gasteiger partial charge on any atom is -0.311 e. The number of non-ortho nitro benzene ring substituents is 1. The molecule has 108 valence electrons. The molecule has 0 aromatic heterocycles. The highest BCUT2D eigenvalue weighted by atomic mass is 35.5. The van der Waals surface area contributed by atoms with Crippen molar-refractivity contribution in [2.45, 2.75) is 32.1 Å². The summed E-state index contributed by atoms with van der Waals surface area (Å²) in [5.74, 6) is -0.339. The number of alkyl halides is 1. The summed E-state index contributed by atoms with van der Waals surface area (Å²) in [5.41, 5.74) is 1.45. The van der Waals surface area contributed by atoms with E-state index in [4.69, 9.17) is 11.6 Å². The van der Waals surface area contributed by atoms with Crippen molar-refractivity contribution in [2.24, 2.45) is 0 Å². The highest BCUT2D eigenvalue weighted by Crippen LogP contribution is 2.40. The fourth-order valence-electron chi connectivity index (χ4n) is 2.69. The number of nitro benzene ring substituents is 1. The van der Waals surface area contributed by atoms with Gasteiger partial charge in [-0.15, -0.1) is 11.6 Å². The summed E-state index contributed by atoms with van der Waals surface area (Å²) < 4.78 is 0. The summed E-state index contributed by atoms with van der Waals surface area (Å²) in [5, 5.41) is 11.0. The minimum absolute atomic E-state index is 0.00572. The summed E-state index contributed by atoms with van der Waals surface area (Å²) >= 11 is 5.65. The highest BCUT2D eigenvalue weighted by Gasteiger charge is 2.32. The standard InChI is InChI=1S/C14H17ClN2O3/c1-14(2)6-3-7-16(13(18)9-15)12-8-10(17(19)20)4-5-11(12)14/h4-5,8H,3,6-7,9H2,1-2H3. The van der Waals surface area contributed by atoms with E-state index >= 15 is 0 Å². The van der Waals surface area contributed by atoms with E-state index in [1.165, 1.54) is 12.1 Å². The van der Waals surface area contributed by atoms with Gasteiger partial charge in [0, 0.05) is 18.7 Å². The normalized spacial score (nSPS) is 17.2.